The van der Waals surface area contributed by atoms with E-state index in [1.807, 2.05) is 18.7 Å². The molecule has 0 N–H and O–H groups in total. The molecule has 0 amide bonds. The molecule has 0 unspecified atom stereocenters. The van der Waals surface area contributed by atoms with Gasteiger partial charge in [-0.05, 0) is 13.8 Å². The number of nitrogens with zero attached hydrogens (tertiary/aromatic N) is 3. The SMILES string of the molecule is CCOC(=O)CN(CC)c1nc(CC)ns1. The van der Waals surface area contributed by atoms with Gasteiger partial charge in [-0.15, -0.1) is 0 Å². The Morgan fingerprint density at radius 3 is 2.69 bits per heavy atom. The summed E-state index contributed by atoms with van der Waals surface area (Å²) < 4.78 is 9.10. The van der Waals surface area contributed by atoms with E-state index in [2.05, 4.69) is 9.36 Å². The summed E-state index contributed by atoms with van der Waals surface area (Å²) in [6, 6.07) is 0. The highest BCUT2D eigenvalue weighted by molar-refractivity contribution is 7.09. The van der Waals surface area contributed by atoms with Crippen molar-refractivity contribution in [3.05, 3.63) is 5.82 Å². The van der Waals surface area contributed by atoms with Crippen LogP contribution in [-0.4, -0.2) is 35.0 Å². The molecule has 5 nitrogen and oxygen atoms in total. The van der Waals surface area contributed by atoms with Crippen molar-refractivity contribution in [2.24, 2.45) is 0 Å². The minimum absolute atomic E-state index is 0.224. The summed E-state index contributed by atoms with van der Waals surface area (Å²) in [4.78, 5) is 17.6. The Bertz CT molecular complexity index is 341. The third kappa shape index (κ3) is 3.44. The molecule has 0 saturated heterocycles. The van der Waals surface area contributed by atoms with Crippen LogP contribution in [0.15, 0.2) is 0 Å². The molecule has 1 aromatic heterocycles. The first-order valence-electron chi connectivity index (χ1n) is 5.44. The molecule has 1 rings (SSSR count). The predicted molar refractivity (Wildman–Crippen MR) is 63.8 cm³/mol. The molecule has 16 heavy (non-hydrogen) atoms. The van der Waals surface area contributed by atoms with E-state index in [9.17, 15) is 4.79 Å². The van der Waals surface area contributed by atoms with Crippen LogP contribution in [0.2, 0.25) is 0 Å². The second-order valence-electron chi connectivity index (χ2n) is 3.17. The number of esters is 1. The van der Waals surface area contributed by atoms with Crippen LogP contribution in [0.5, 0.6) is 0 Å². The van der Waals surface area contributed by atoms with Crippen molar-refractivity contribution in [1.29, 1.82) is 0 Å². The van der Waals surface area contributed by atoms with Crippen molar-refractivity contribution in [3.63, 3.8) is 0 Å². The quantitative estimate of drug-likeness (QED) is 0.708. The van der Waals surface area contributed by atoms with Crippen LogP contribution in [0.4, 0.5) is 5.13 Å². The number of ether oxygens (including phenoxy) is 1. The zero-order valence-corrected chi connectivity index (χ0v) is 10.7. The van der Waals surface area contributed by atoms with E-state index >= 15 is 0 Å². The molecular formula is C10H17N3O2S. The molecule has 0 aliphatic rings. The number of carbonyl (C=O) groups excluding carboxylic acids is 1. The molecule has 0 aliphatic carbocycles. The standard InChI is InChI=1S/C10H17N3O2S/c1-4-8-11-10(16-12-8)13(5-2)7-9(14)15-6-3/h4-7H2,1-3H3. The highest BCUT2D eigenvalue weighted by Crippen LogP contribution is 2.17. The molecule has 0 fully saturated rings. The summed E-state index contributed by atoms with van der Waals surface area (Å²) in [6.07, 6.45) is 0.813. The molecule has 0 saturated carbocycles. The maximum Gasteiger partial charge on any atom is 0.325 e. The minimum atomic E-state index is -0.224. The van der Waals surface area contributed by atoms with Gasteiger partial charge in [0.15, 0.2) is 0 Å². The van der Waals surface area contributed by atoms with Gasteiger partial charge in [0.2, 0.25) is 5.13 Å². The molecule has 1 aromatic rings. The average Bonchev–Trinajstić information content (AvgIpc) is 2.74. The number of hydrogen-bond acceptors (Lipinski definition) is 6. The molecule has 0 aromatic carbocycles. The summed E-state index contributed by atoms with van der Waals surface area (Å²) in [6.45, 7) is 7.15. The third-order valence-corrected chi connectivity index (χ3v) is 2.87. The Kier molecular flexibility index (Phi) is 5.18. The van der Waals surface area contributed by atoms with E-state index in [4.69, 9.17) is 4.74 Å². The van der Waals surface area contributed by atoms with Gasteiger partial charge in [-0.3, -0.25) is 4.79 Å². The molecule has 0 bridgehead atoms. The maximum atomic E-state index is 11.4. The highest BCUT2D eigenvalue weighted by atomic mass is 32.1. The van der Waals surface area contributed by atoms with Gasteiger partial charge < -0.3 is 9.64 Å². The fourth-order valence-electron chi connectivity index (χ4n) is 1.19. The lowest BCUT2D eigenvalue weighted by atomic mass is 10.5. The number of rotatable bonds is 6. The van der Waals surface area contributed by atoms with Crippen molar-refractivity contribution in [1.82, 2.24) is 9.36 Å². The first kappa shape index (κ1) is 12.9. The molecular weight excluding hydrogens is 226 g/mol. The van der Waals surface area contributed by atoms with E-state index < -0.39 is 0 Å². The van der Waals surface area contributed by atoms with Gasteiger partial charge >= 0.3 is 5.97 Å². The lowest BCUT2D eigenvalue weighted by Crippen LogP contribution is -2.30. The van der Waals surface area contributed by atoms with Crippen LogP contribution in [0.25, 0.3) is 0 Å². The summed E-state index contributed by atoms with van der Waals surface area (Å²) >= 11 is 1.32. The van der Waals surface area contributed by atoms with Crippen LogP contribution in [0.1, 0.15) is 26.6 Å². The van der Waals surface area contributed by atoms with Crippen molar-refractivity contribution < 1.29 is 9.53 Å². The van der Waals surface area contributed by atoms with Crippen molar-refractivity contribution in [2.45, 2.75) is 27.2 Å². The van der Waals surface area contributed by atoms with Gasteiger partial charge in [-0.1, -0.05) is 6.92 Å². The Hall–Kier alpha value is -1.17. The van der Waals surface area contributed by atoms with Gasteiger partial charge in [0.25, 0.3) is 0 Å². The van der Waals surface area contributed by atoms with Crippen LogP contribution in [-0.2, 0) is 16.0 Å². The van der Waals surface area contributed by atoms with Gasteiger partial charge in [-0.25, -0.2) is 4.98 Å². The van der Waals surface area contributed by atoms with Crippen molar-refractivity contribution >= 4 is 22.6 Å². The molecule has 0 radical (unpaired) electrons. The van der Waals surface area contributed by atoms with Gasteiger partial charge in [0, 0.05) is 24.5 Å². The van der Waals surface area contributed by atoms with Gasteiger partial charge in [0.05, 0.1) is 6.61 Å². The first-order valence-corrected chi connectivity index (χ1v) is 6.21. The highest BCUT2D eigenvalue weighted by Gasteiger charge is 2.14. The van der Waals surface area contributed by atoms with Crippen molar-refractivity contribution in [3.8, 4) is 0 Å². The smallest absolute Gasteiger partial charge is 0.325 e. The number of anilines is 1. The molecule has 0 aliphatic heterocycles. The van der Waals surface area contributed by atoms with Crippen LogP contribution >= 0.6 is 11.5 Å². The van der Waals surface area contributed by atoms with E-state index in [1.54, 1.807) is 6.92 Å². The molecule has 6 heteroatoms. The second kappa shape index (κ2) is 6.42. The lowest BCUT2D eigenvalue weighted by molar-refractivity contribution is -0.141. The molecule has 0 atom stereocenters. The number of hydrogen-bond donors (Lipinski definition) is 0. The van der Waals surface area contributed by atoms with Gasteiger partial charge in [-0.2, -0.15) is 4.37 Å². The number of aromatic nitrogens is 2. The van der Waals surface area contributed by atoms with Gasteiger partial charge in [0.1, 0.15) is 12.4 Å². The predicted octanol–water partition coefficient (Wildman–Crippen LogP) is 1.49. The Balaban J connectivity index is 2.63. The minimum Gasteiger partial charge on any atom is -0.465 e. The van der Waals surface area contributed by atoms with Crippen LogP contribution in [0, 0.1) is 0 Å². The topological polar surface area (TPSA) is 55.3 Å². The van der Waals surface area contributed by atoms with E-state index in [0.29, 0.717) is 6.61 Å². The zero-order chi connectivity index (χ0) is 12.0. The number of likely N-dealkylation sites (N-methyl/N-ethyl adjacent to an activating group) is 1. The second-order valence-corrected chi connectivity index (χ2v) is 3.90. The van der Waals surface area contributed by atoms with E-state index in [1.165, 1.54) is 11.5 Å². The Morgan fingerprint density at radius 2 is 2.19 bits per heavy atom. The fourth-order valence-corrected chi connectivity index (χ4v) is 2.01. The summed E-state index contributed by atoms with van der Waals surface area (Å²) in [5, 5.41) is 0.785. The van der Waals surface area contributed by atoms with Crippen LogP contribution < -0.4 is 4.90 Å². The molecule has 1 heterocycles. The first-order chi connectivity index (χ1) is 7.71. The largest absolute Gasteiger partial charge is 0.465 e. The normalized spacial score (nSPS) is 10.2. The monoisotopic (exact) mass is 243 g/mol. The van der Waals surface area contributed by atoms with Crippen molar-refractivity contribution in [2.75, 3.05) is 24.6 Å². The maximum absolute atomic E-state index is 11.4. The fraction of sp³-hybridized carbons (Fsp3) is 0.700. The number of aryl methyl sites for hydroxylation is 1. The number of carbonyl (C=O) groups is 1. The summed E-state index contributed by atoms with van der Waals surface area (Å²) in [5.74, 6) is 0.597. The van der Waals surface area contributed by atoms with Crippen LogP contribution in [0.3, 0.4) is 0 Å². The average molecular weight is 243 g/mol. The Labute approximate surface area is 99.6 Å². The third-order valence-electron chi connectivity index (χ3n) is 2.05. The molecule has 90 valence electrons. The zero-order valence-electron chi connectivity index (χ0n) is 9.89. The summed E-state index contributed by atoms with van der Waals surface area (Å²) in [7, 11) is 0. The molecule has 0 spiro atoms. The summed E-state index contributed by atoms with van der Waals surface area (Å²) in [5.41, 5.74) is 0. The van der Waals surface area contributed by atoms with E-state index in [0.717, 1.165) is 23.9 Å². The van der Waals surface area contributed by atoms with E-state index in [-0.39, 0.29) is 12.5 Å². The Morgan fingerprint density at radius 1 is 1.44 bits per heavy atom. The lowest BCUT2D eigenvalue weighted by Gasteiger charge is -2.17.